The maximum absolute atomic E-state index is 12.5. The first kappa shape index (κ1) is 19.2. The van der Waals surface area contributed by atoms with Crippen LogP contribution in [-0.2, 0) is 4.79 Å². The zero-order valence-electron chi connectivity index (χ0n) is 16.9. The number of anilines is 1. The van der Waals surface area contributed by atoms with Gasteiger partial charge in [-0.15, -0.1) is 0 Å². The molecule has 1 heterocycles. The van der Waals surface area contributed by atoms with E-state index in [0.29, 0.717) is 11.3 Å². The molecule has 0 fully saturated rings. The van der Waals surface area contributed by atoms with Crippen molar-refractivity contribution in [1.82, 2.24) is 0 Å². The molecule has 0 aliphatic carbocycles. The molecule has 0 bridgehead atoms. The second-order valence-electron chi connectivity index (χ2n) is 7.73. The highest BCUT2D eigenvalue weighted by Gasteiger charge is 2.24. The molecular formula is C24H29NO2. The van der Waals surface area contributed by atoms with E-state index in [1.54, 1.807) is 0 Å². The molecule has 1 aliphatic rings. The van der Waals surface area contributed by atoms with Crippen LogP contribution in [0.3, 0.4) is 0 Å². The Hall–Kier alpha value is -2.55. The Balaban J connectivity index is 2.15. The largest absolute Gasteiger partial charge is 0.507 e. The third-order valence-electron chi connectivity index (χ3n) is 5.75. The molecule has 0 spiro atoms. The summed E-state index contributed by atoms with van der Waals surface area (Å²) in [6.07, 6.45) is 3.86. The molecule has 0 radical (unpaired) electrons. The van der Waals surface area contributed by atoms with Crippen molar-refractivity contribution in [1.29, 1.82) is 0 Å². The summed E-state index contributed by atoms with van der Waals surface area (Å²) >= 11 is 0. The van der Waals surface area contributed by atoms with Crippen LogP contribution in [0.15, 0.2) is 30.3 Å². The zero-order chi connectivity index (χ0) is 19.7. The lowest BCUT2D eigenvalue weighted by atomic mass is 9.87. The molecule has 2 unspecified atom stereocenters. The number of hydrogen-bond acceptors (Lipinski definition) is 2. The minimum Gasteiger partial charge on any atom is -0.507 e. The number of amides is 1. The molecule has 0 saturated carbocycles. The molecule has 0 aromatic heterocycles. The molecule has 1 aliphatic heterocycles. The van der Waals surface area contributed by atoms with E-state index >= 15 is 0 Å². The molecule has 2 atom stereocenters. The predicted octanol–water partition coefficient (Wildman–Crippen LogP) is 6.22. The number of carbonyl (C=O) groups excluding carboxylic acids is 1. The van der Waals surface area contributed by atoms with E-state index in [2.05, 4.69) is 33.0 Å². The van der Waals surface area contributed by atoms with Gasteiger partial charge in [0.1, 0.15) is 5.75 Å². The summed E-state index contributed by atoms with van der Waals surface area (Å²) in [6.45, 7) is 10.5. The first-order chi connectivity index (χ1) is 12.8. The van der Waals surface area contributed by atoms with Gasteiger partial charge in [0.15, 0.2) is 0 Å². The fraction of sp³-hybridized carbons (Fsp3) is 0.375. The molecule has 3 heteroatoms. The average Bonchev–Trinajstić information content (AvgIpc) is 2.95. The molecule has 2 aromatic rings. The van der Waals surface area contributed by atoms with Gasteiger partial charge in [0, 0.05) is 16.8 Å². The third kappa shape index (κ3) is 3.64. The highest BCUT2D eigenvalue weighted by molar-refractivity contribution is 6.34. The van der Waals surface area contributed by atoms with Crippen LogP contribution in [0.25, 0.3) is 11.6 Å². The van der Waals surface area contributed by atoms with Gasteiger partial charge < -0.3 is 10.4 Å². The van der Waals surface area contributed by atoms with E-state index in [-0.39, 0.29) is 17.7 Å². The molecular weight excluding hydrogens is 334 g/mol. The lowest BCUT2D eigenvalue weighted by Gasteiger charge is -2.19. The third-order valence-corrected chi connectivity index (χ3v) is 5.75. The first-order valence-electron chi connectivity index (χ1n) is 9.86. The fourth-order valence-corrected chi connectivity index (χ4v) is 3.60. The van der Waals surface area contributed by atoms with Gasteiger partial charge in [0.2, 0.25) is 0 Å². The maximum atomic E-state index is 12.5. The zero-order valence-corrected chi connectivity index (χ0v) is 16.9. The summed E-state index contributed by atoms with van der Waals surface area (Å²) in [5.74, 6) is 0.864. The summed E-state index contributed by atoms with van der Waals surface area (Å²) < 4.78 is 0. The lowest BCUT2D eigenvalue weighted by molar-refractivity contribution is -0.110. The number of hydrogen-bond donors (Lipinski definition) is 2. The van der Waals surface area contributed by atoms with Gasteiger partial charge in [0.05, 0.1) is 0 Å². The van der Waals surface area contributed by atoms with Gasteiger partial charge in [0.25, 0.3) is 5.91 Å². The van der Waals surface area contributed by atoms with Crippen molar-refractivity contribution in [2.24, 2.45) is 0 Å². The molecule has 1 amide bonds. The van der Waals surface area contributed by atoms with E-state index in [4.69, 9.17) is 0 Å². The summed E-state index contributed by atoms with van der Waals surface area (Å²) in [5.41, 5.74) is 6.51. The standard InChI is InChI=1S/C24H29NO2/c1-6-15(4)19-11-17(12-20(23(19)26)16(5)7-2)13-21-18-9-8-14(3)10-22(18)25-24(21)27/h8-13,15-16,26H,6-7H2,1-5H3,(H,25,27)/b21-13-. The quantitative estimate of drug-likeness (QED) is 0.620. The molecule has 0 saturated heterocycles. The van der Waals surface area contributed by atoms with E-state index in [1.165, 1.54) is 0 Å². The van der Waals surface area contributed by atoms with Crippen LogP contribution >= 0.6 is 0 Å². The van der Waals surface area contributed by atoms with E-state index in [1.807, 2.05) is 43.3 Å². The Morgan fingerprint density at radius 2 is 1.63 bits per heavy atom. The van der Waals surface area contributed by atoms with Crippen LogP contribution in [0.5, 0.6) is 5.75 Å². The van der Waals surface area contributed by atoms with Crippen molar-refractivity contribution in [3.8, 4) is 5.75 Å². The number of aryl methyl sites for hydroxylation is 1. The number of rotatable bonds is 5. The van der Waals surface area contributed by atoms with Gasteiger partial charge >= 0.3 is 0 Å². The first-order valence-corrected chi connectivity index (χ1v) is 9.86. The minimum absolute atomic E-state index is 0.0705. The number of fused-ring (bicyclic) bond motifs is 1. The van der Waals surface area contributed by atoms with Crippen molar-refractivity contribution in [2.45, 2.75) is 59.3 Å². The van der Waals surface area contributed by atoms with Gasteiger partial charge in [-0.1, -0.05) is 39.8 Å². The Kier molecular flexibility index (Phi) is 5.41. The summed E-state index contributed by atoms with van der Waals surface area (Å²) in [7, 11) is 0. The summed E-state index contributed by atoms with van der Waals surface area (Å²) in [4.78, 5) is 12.5. The predicted molar refractivity (Wildman–Crippen MR) is 113 cm³/mol. The monoisotopic (exact) mass is 363 g/mol. The van der Waals surface area contributed by atoms with Crippen LogP contribution in [0.2, 0.25) is 0 Å². The number of nitrogens with one attached hydrogen (secondary N) is 1. The van der Waals surface area contributed by atoms with Crippen molar-refractivity contribution in [3.05, 3.63) is 58.1 Å². The normalized spacial score (nSPS) is 16.9. The van der Waals surface area contributed by atoms with Crippen LogP contribution in [0.1, 0.15) is 80.2 Å². The number of phenolic OH excluding ortho intramolecular Hbond substituents is 1. The molecule has 3 nitrogen and oxygen atoms in total. The van der Waals surface area contributed by atoms with Gasteiger partial charge in [-0.05, 0) is 78.1 Å². The Morgan fingerprint density at radius 1 is 1.04 bits per heavy atom. The number of aromatic hydroxyl groups is 1. The average molecular weight is 364 g/mol. The van der Waals surface area contributed by atoms with E-state index in [9.17, 15) is 9.90 Å². The van der Waals surface area contributed by atoms with Crippen molar-refractivity contribution in [2.75, 3.05) is 5.32 Å². The van der Waals surface area contributed by atoms with Crippen LogP contribution < -0.4 is 5.32 Å². The Labute approximate surface area is 162 Å². The Morgan fingerprint density at radius 3 is 2.19 bits per heavy atom. The smallest absolute Gasteiger partial charge is 0.256 e. The highest BCUT2D eigenvalue weighted by Crippen LogP contribution is 2.39. The van der Waals surface area contributed by atoms with E-state index < -0.39 is 0 Å². The van der Waals surface area contributed by atoms with Crippen LogP contribution in [-0.4, -0.2) is 11.0 Å². The summed E-state index contributed by atoms with van der Waals surface area (Å²) in [6, 6.07) is 10.1. The van der Waals surface area contributed by atoms with Crippen LogP contribution in [0, 0.1) is 6.92 Å². The number of carbonyl (C=O) groups is 1. The Bertz CT molecular complexity index is 880. The number of benzene rings is 2. The second-order valence-corrected chi connectivity index (χ2v) is 7.73. The molecule has 2 aromatic carbocycles. The second kappa shape index (κ2) is 7.59. The van der Waals surface area contributed by atoms with E-state index in [0.717, 1.165) is 46.3 Å². The molecule has 142 valence electrons. The summed E-state index contributed by atoms with van der Waals surface area (Å²) in [5, 5.41) is 13.8. The topological polar surface area (TPSA) is 49.3 Å². The van der Waals surface area contributed by atoms with Crippen molar-refractivity contribution < 1.29 is 9.90 Å². The van der Waals surface area contributed by atoms with Gasteiger partial charge in [-0.25, -0.2) is 0 Å². The number of phenols is 1. The maximum Gasteiger partial charge on any atom is 0.256 e. The molecule has 3 rings (SSSR count). The molecule has 2 N–H and O–H groups in total. The SMILES string of the molecule is CCC(C)c1cc(/C=C2\C(=O)Nc3cc(C)ccc32)cc(C(C)CC)c1O. The lowest BCUT2D eigenvalue weighted by Crippen LogP contribution is -2.04. The molecule has 27 heavy (non-hydrogen) atoms. The highest BCUT2D eigenvalue weighted by atomic mass is 16.3. The van der Waals surface area contributed by atoms with Crippen molar-refractivity contribution >= 4 is 23.2 Å². The van der Waals surface area contributed by atoms with Gasteiger partial charge in [-0.2, -0.15) is 0 Å². The van der Waals surface area contributed by atoms with Crippen LogP contribution in [0.4, 0.5) is 5.69 Å². The van der Waals surface area contributed by atoms with Crippen molar-refractivity contribution in [3.63, 3.8) is 0 Å². The minimum atomic E-state index is -0.0705. The fourth-order valence-electron chi connectivity index (χ4n) is 3.60. The van der Waals surface area contributed by atoms with Gasteiger partial charge in [-0.3, -0.25) is 4.79 Å².